The van der Waals surface area contributed by atoms with Gasteiger partial charge < -0.3 is 14.8 Å². The van der Waals surface area contributed by atoms with E-state index < -0.39 is 22.7 Å². The second kappa shape index (κ2) is 7.25. The molecule has 2 aromatic heterocycles. The Labute approximate surface area is 155 Å². The van der Waals surface area contributed by atoms with Gasteiger partial charge in [0.15, 0.2) is 4.77 Å². The lowest BCUT2D eigenvalue weighted by atomic mass is 10.2. The molecule has 10 nitrogen and oxygen atoms in total. The molecule has 3 aromatic rings. The maximum atomic E-state index is 12.2. The molecule has 1 aromatic carbocycles. The number of aromatic nitrogens is 4. The van der Waals surface area contributed by atoms with Gasteiger partial charge in [-0.2, -0.15) is 0 Å². The topological polar surface area (TPSA) is 145 Å². The molecule has 3 rings (SSSR count). The van der Waals surface area contributed by atoms with E-state index in [4.69, 9.17) is 17.0 Å². The summed E-state index contributed by atoms with van der Waals surface area (Å²) in [5, 5.41) is 10.6. The van der Waals surface area contributed by atoms with Crippen LogP contribution in [0.5, 0.6) is 11.6 Å². The van der Waals surface area contributed by atoms with Gasteiger partial charge in [-0.1, -0.05) is 6.07 Å². The Hall–Kier alpha value is -3.73. The minimum atomic E-state index is -0.744. The third-order valence-electron chi connectivity index (χ3n) is 3.56. The van der Waals surface area contributed by atoms with Crippen molar-refractivity contribution >= 4 is 24.1 Å². The Balaban J connectivity index is 2.16. The minimum Gasteiger partial charge on any atom is -0.497 e. The summed E-state index contributed by atoms with van der Waals surface area (Å²) in [6.45, 7) is 0. The van der Waals surface area contributed by atoms with Crippen LogP contribution in [-0.4, -0.2) is 37.9 Å². The molecule has 2 heterocycles. The Bertz CT molecular complexity index is 1270. The van der Waals surface area contributed by atoms with Gasteiger partial charge in [-0.25, -0.2) is 9.79 Å². The number of aliphatic imine (C=N–C) groups is 1. The second-order valence-electron chi connectivity index (χ2n) is 5.25. The number of rotatable bonds is 4. The highest BCUT2D eigenvalue weighted by Crippen LogP contribution is 2.22. The molecule has 27 heavy (non-hydrogen) atoms. The molecule has 11 heteroatoms. The highest BCUT2D eigenvalue weighted by molar-refractivity contribution is 7.71. The summed E-state index contributed by atoms with van der Waals surface area (Å²) in [5.74, 6) is 0.0524. The van der Waals surface area contributed by atoms with Crippen molar-refractivity contribution in [2.75, 3.05) is 7.11 Å². The third kappa shape index (κ3) is 3.62. The van der Waals surface area contributed by atoms with Crippen LogP contribution in [0.3, 0.4) is 0 Å². The summed E-state index contributed by atoms with van der Waals surface area (Å²) in [7, 11) is 1.49. The molecule has 138 valence electrons. The highest BCUT2D eigenvalue weighted by atomic mass is 32.1. The number of methoxy groups -OCH3 is 1. The summed E-state index contributed by atoms with van der Waals surface area (Å²) >= 11 is 5.13. The van der Waals surface area contributed by atoms with E-state index in [0.717, 1.165) is 12.4 Å². The van der Waals surface area contributed by atoms with Gasteiger partial charge in [0.05, 0.1) is 12.8 Å². The normalized spacial score (nSPS) is 11.0. The van der Waals surface area contributed by atoms with Gasteiger partial charge in [0.25, 0.3) is 11.1 Å². The number of nitrogens with zero attached hydrogens (tertiary/aromatic N) is 2. The number of benzene rings is 1. The van der Waals surface area contributed by atoms with E-state index >= 15 is 0 Å². The third-order valence-corrected chi connectivity index (χ3v) is 3.85. The number of nitrogens with one attached hydrogen (secondary N) is 3. The number of hydrogen-bond donors (Lipinski definition) is 4. The zero-order valence-electron chi connectivity index (χ0n) is 13.8. The average molecular weight is 387 g/mol. The summed E-state index contributed by atoms with van der Waals surface area (Å²) in [4.78, 5) is 45.4. The molecule has 0 unspecified atom stereocenters. The van der Waals surface area contributed by atoms with E-state index in [0.29, 0.717) is 11.4 Å². The van der Waals surface area contributed by atoms with Gasteiger partial charge in [-0.3, -0.25) is 24.1 Å². The molecule has 0 aliphatic rings. The predicted molar refractivity (Wildman–Crippen MR) is 100 cm³/mol. The van der Waals surface area contributed by atoms with Gasteiger partial charge in [0.1, 0.15) is 17.0 Å². The van der Waals surface area contributed by atoms with Crippen LogP contribution in [0.2, 0.25) is 0 Å². The van der Waals surface area contributed by atoms with Crippen LogP contribution in [0.4, 0.5) is 5.69 Å². The van der Waals surface area contributed by atoms with Crippen molar-refractivity contribution in [2.45, 2.75) is 0 Å². The Kier molecular flexibility index (Phi) is 4.86. The van der Waals surface area contributed by atoms with Crippen LogP contribution in [-0.2, 0) is 0 Å². The molecule has 0 radical (unpaired) electrons. The number of H-pyrrole nitrogens is 3. The van der Waals surface area contributed by atoms with Crippen molar-refractivity contribution in [3.63, 3.8) is 0 Å². The van der Waals surface area contributed by atoms with Crippen LogP contribution in [0.25, 0.3) is 5.69 Å². The molecule has 0 saturated carbocycles. The Morgan fingerprint density at radius 1 is 1.22 bits per heavy atom. The average Bonchev–Trinajstić information content (AvgIpc) is 2.63. The van der Waals surface area contributed by atoms with E-state index in [1.807, 2.05) is 4.98 Å². The van der Waals surface area contributed by atoms with E-state index in [1.165, 1.54) is 11.7 Å². The van der Waals surface area contributed by atoms with Crippen LogP contribution >= 0.6 is 12.2 Å². The van der Waals surface area contributed by atoms with E-state index in [1.54, 1.807) is 24.3 Å². The monoisotopic (exact) mass is 387 g/mol. The predicted octanol–water partition coefficient (Wildman–Crippen LogP) is 0.736. The second-order valence-corrected chi connectivity index (χ2v) is 5.64. The fourth-order valence-corrected chi connectivity index (χ4v) is 2.56. The fourth-order valence-electron chi connectivity index (χ4n) is 2.28. The van der Waals surface area contributed by atoms with Gasteiger partial charge in [0.2, 0.25) is 5.88 Å². The fraction of sp³-hybridized carbons (Fsp3) is 0.0625. The molecule has 0 amide bonds. The zero-order valence-corrected chi connectivity index (χ0v) is 14.7. The molecule has 0 fully saturated rings. The minimum absolute atomic E-state index is 0.0372. The maximum absolute atomic E-state index is 12.2. The van der Waals surface area contributed by atoms with Crippen molar-refractivity contribution in [2.24, 2.45) is 4.99 Å². The Morgan fingerprint density at radius 3 is 2.70 bits per heavy atom. The lowest BCUT2D eigenvalue weighted by Gasteiger charge is -2.12. The molecule has 0 aliphatic carbocycles. The molecular weight excluding hydrogens is 374 g/mol. The van der Waals surface area contributed by atoms with Crippen molar-refractivity contribution in [1.82, 2.24) is 19.5 Å². The van der Waals surface area contributed by atoms with Gasteiger partial charge in [-0.05, 0) is 24.4 Å². The number of hydrogen-bond acceptors (Lipinski definition) is 7. The molecule has 0 aliphatic heterocycles. The molecule has 0 atom stereocenters. The van der Waals surface area contributed by atoms with E-state index in [9.17, 15) is 19.5 Å². The van der Waals surface area contributed by atoms with E-state index in [2.05, 4.69) is 15.0 Å². The maximum Gasteiger partial charge on any atom is 0.325 e. The smallest absolute Gasteiger partial charge is 0.325 e. The van der Waals surface area contributed by atoms with Gasteiger partial charge >= 0.3 is 5.69 Å². The van der Waals surface area contributed by atoms with Gasteiger partial charge in [0, 0.05) is 18.5 Å². The molecule has 0 bridgehead atoms. The highest BCUT2D eigenvalue weighted by Gasteiger charge is 2.13. The lowest BCUT2D eigenvalue weighted by molar-refractivity contribution is 0.413. The first-order valence-electron chi connectivity index (χ1n) is 7.49. The summed E-state index contributed by atoms with van der Waals surface area (Å²) in [6.07, 6.45) is 2.09. The number of ether oxygens (including phenoxy) is 1. The zero-order chi connectivity index (χ0) is 19.6. The quantitative estimate of drug-likeness (QED) is 0.384. The first kappa shape index (κ1) is 18.1. The van der Waals surface area contributed by atoms with Gasteiger partial charge in [-0.15, -0.1) is 0 Å². The Morgan fingerprint density at radius 2 is 2.00 bits per heavy atom. The van der Waals surface area contributed by atoms with Crippen LogP contribution in [0.15, 0.2) is 49.8 Å². The largest absolute Gasteiger partial charge is 0.497 e. The first-order valence-corrected chi connectivity index (χ1v) is 7.90. The number of aromatic hydroxyl groups is 1. The van der Waals surface area contributed by atoms with Crippen LogP contribution in [0, 0.1) is 4.77 Å². The van der Waals surface area contributed by atoms with E-state index in [-0.39, 0.29) is 16.0 Å². The van der Waals surface area contributed by atoms with Crippen molar-refractivity contribution < 1.29 is 9.84 Å². The molecular formula is C16H13N5O5S. The van der Waals surface area contributed by atoms with Crippen LogP contribution in [0.1, 0.15) is 5.56 Å². The molecule has 0 spiro atoms. The molecule has 4 N–H and O–H groups in total. The summed E-state index contributed by atoms with van der Waals surface area (Å²) in [5.41, 5.74) is -2.05. The van der Waals surface area contributed by atoms with Crippen LogP contribution < -0.4 is 21.5 Å². The van der Waals surface area contributed by atoms with Crippen molar-refractivity contribution in [3.8, 4) is 17.3 Å². The van der Waals surface area contributed by atoms with Crippen molar-refractivity contribution in [1.29, 1.82) is 0 Å². The standard InChI is InChI=1S/C16H13N5O5S/c1-26-9-4-2-3-8(5-9)21-14(24)10(12(22)20-16(21)27)6-17-11-7-18-15(25)19-13(11)23/h2-7,24H,1H3,(H,20,22,27)(H2,18,19,23,25). The summed E-state index contributed by atoms with van der Waals surface area (Å²) < 4.78 is 6.33. The molecule has 0 saturated heterocycles. The SMILES string of the molecule is COc1cccc(-n2c(O)c(C=Nc3c[nH]c(=O)[nH]c3=O)c(=O)[nH]c2=S)c1. The first-order chi connectivity index (χ1) is 12.9. The number of aromatic amines is 3. The summed E-state index contributed by atoms with van der Waals surface area (Å²) in [6, 6.07) is 6.67. The lowest BCUT2D eigenvalue weighted by Crippen LogP contribution is -2.21. The van der Waals surface area contributed by atoms with Crippen molar-refractivity contribution in [3.05, 3.63) is 72.0 Å².